The molecule has 0 aliphatic carbocycles. The number of halogens is 6. The topological polar surface area (TPSA) is 0 Å². The highest BCUT2D eigenvalue weighted by Crippen LogP contribution is 2.45. The van der Waals surface area contributed by atoms with E-state index in [9.17, 15) is 26.3 Å². The zero-order valence-corrected chi connectivity index (χ0v) is 13.3. The van der Waals surface area contributed by atoms with Crippen LogP contribution in [-0.4, -0.2) is 0 Å². The highest BCUT2D eigenvalue weighted by Gasteiger charge is 2.44. The maximum atomic E-state index is 13.3. The third-order valence-corrected chi connectivity index (χ3v) is 4.57. The molecule has 0 nitrogen and oxygen atoms in total. The Kier molecular flexibility index (Phi) is 4.36. The van der Waals surface area contributed by atoms with Gasteiger partial charge in [0.05, 0.1) is 11.1 Å². The zero-order chi connectivity index (χ0) is 18.2. The Hall–Kier alpha value is -2.28. The molecular formula is C18H10F6S. The maximum Gasteiger partial charge on any atom is 0.417 e. The summed E-state index contributed by atoms with van der Waals surface area (Å²) < 4.78 is 79.1. The predicted molar refractivity (Wildman–Crippen MR) is 85.2 cm³/mol. The molecule has 0 saturated heterocycles. The van der Waals surface area contributed by atoms with E-state index in [1.165, 1.54) is 23.5 Å². The summed E-state index contributed by atoms with van der Waals surface area (Å²) in [6, 6.07) is 12.2. The van der Waals surface area contributed by atoms with Crippen LogP contribution < -0.4 is 0 Å². The first-order valence-electron chi connectivity index (χ1n) is 7.09. The van der Waals surface area contributed by atoms with Gasteiger partial charge in [-0.3, -0.25) is 0 Å². The van der Waals surface area contributed by atoms with Crippen molar-refractivity contribution in [1.82, 2.24) is 0 Å². The smallest absolute Gasteiger partial charge is 0.166 e. The number of rotatable bonds is 2. The van der Waals surface area contributed by atoms with Gasteiger partial charge in [0.2, 0.25) is 0 Å². The van der Waals surface area contributed by atoms with Crippen LogP contribution in [0.3, 0.4) is 0 Å². The van der Waals surface area contributed by atoms with Crippen molar-refractivity contribution in [2.75, 3.05) is 0 Å². The van der Waals surface area contributed by atoms with Crippen molar-refractivity contribution >= 4 is 11.3 Å². The minimum Gasteiger partial charge on any atom is -0.166 e. The molecule has 3 rings (SSSR count). The van der Waals surface area contributed by atoms with Crippen molar-refractivity contribution in [2.45, 2.75) is 12.4 Å². The van der Waals surface area contributed by atoms with Crippen LogP contribution >= 0.6 is 11.3 Å². The first kappa shape index (κ1) is 17.5. The molecule has 0 aliphatic rings. The van der Waals surface area contributed by atoms with Crippen molar-refractivity contribution in [3.8, 4) is 21.6 Å². The third-order valence-electron chi connectivity index (χ3n) is 3.65. The summed E-state index contributed by atoms with van der Waals surface area (Å²) in [5.41, 5.74) is -2.95. The van der Waals surface area contributed by atoms with Gasteiger partial charge in [0, 0.05) is 4.88 Å². The second-order valence-electron chi connectivity index (χ2n) is 5.28. The van der Waals surface area contributed by atoms with Gasteiger partial charge in [-0.1, -0.05) is 42.5 Å². The Morgan fingerprint density at radius 1 is 0.640 bits per heavy atom. The number of alkyl halides is 6. The van der Waals surface area contributed by atoms with Crippen LogP contribution in [0.2, 0.25) is 0 Å². The lowest BCUT2D eigenvalue weighted by molar-refractivity contribution is -0.161. The Labute approximate surface area is 143 Å². The van der Waals surface area contributed by atoms with E-state index in [2.05, 4.69) is 0 Å². The molecule has 25 heavy (non-hydrogen) atoms. The number of benzene rings is 2. The quantitative estimate of drug-likeness (QED) is 0.420. The summed E-state index contributed by atoms with van der Waals surface area (Å²) in [6.45, 7) is 0. The van der Waals surface area contributed by atoms with Crippen molar-refractivity contribution < 1.29 is 26.3 Å². The van der Waals surface area contributed by atoms with Gasteiger partial charge in [0.15, 0.2) is 0 Å². The fraction of sp³-hybridized carbons (Fsp3) is 0.111. The molecule has 0 bridgehead atoms. The van der Waals surface area contributed by atoms with E-state index >= 15 is 0 Å². The lowest BCUT2D eigenvalue weighted by Gasteiger charge is -2.19. The maximum absolute atomic E-state index is 13.3. The van der Waals surface area contributed by atoms with Crippen molar-refractivity contribution in [2.24, 2.45) is 0 Å². The summed E-state index contributed by atoms with van der Waals surface area (Å²) in [6.07, 6.45) is -10.2. The van der Waals surface area contributed by atoms with Gasteiger partial charge < -0.3 is 0 Å². The molecule has 0 N–H and O–H groups in total. The molecule has 0 spiro atoms. The normalized spacial score (nSPS) is 12.4. The monoisotopic (exact) mass is 372 g/mol. The lowest BCUT2D eigenvalue weighted by Crippen LogP contribution is -2.17. The van der Waals surface area contributed by atoms with Gasteiger partial charge in [0.1, 0.15) is 0 Å². The first-order chi connectivity index (χ1) is 11.7. The van der Waals surface area contributed by atoms with Crippen LogP contribution in [-0.2, 0) is 12.4 Å². The van der Waals surface area contributed by atoms with Crippen LogP contribution in [0.25, 0.3) is 21.6 Å². The van der Waals surface area contributed by atoms with Crippen LogP contribution in [0, 0.1) is 0 Å². The van der Waals surface area contributed by atoms with E-state index in [-0.39, 0.29) is 5.56 Å². The van der Waals surface area contributed by atoms with Gasteiger partial charge in [-0.2, -0.15) is 26.3 Å². The van der Waals surface area contributed by atoms with E-state index < -0.39 is 29.0 Å². The van der Waals surface area contributed by atoms with Crippen molar-refractivity contribution in [3.05, 3.63) is 71.1 Å². The van der Waals surface area contributed by atoms with Gasteiger partial charge in [-0.25, -0.2) is 0 Å². The predicted octanol–water partition coefficient (Wildman–Crippen LogP) is 7.12. The summed E-state index contributed by atoms with van der Waals surface area (Å²) in [5.74, 6) is 0. The highest BCUT2D eigenvalue weighted by atomic mass is 32.1. The highest BCUT2D eigenvalue weighted by molar-refractivity contribution is 7.13. The fourth-order valence-corrected chi connectivity index (χ4v) is 3.32. The van der Waals surface area contributed by atoms with Crippen LogP contribution in [0.15, 0.2) is 60.0 Å². The molecular weight excluding hydrogens is 362 g/mol. The van der Waals surface area contributed by atoms with Crippen molar-refractivity contribution in [3.63, 3.8) is 0 Å². The summed E-state index contributed by atoms with van der Waals surface area (Å²) in [5, 5.41) is 1.86. The molecule has 1 heterocycles. The summed E-state index contributed by atoms with van der Waals surface area (Å²) >= 11 is 1.46. The summed E-state index contributed by atoms with van der Waals surface area (Å²) in [7, 11) is 0. The molecule has 0 unspecified atom stereocenters. The summed E-state index contributed by atoms with van der Waals surface area (Å²) in [4.78, 5) is 0.923. The first-order valence-corrected chi connectivity index (χ1v) is 7.97. The van der Waals surface area contributed by atoms with Gasteiger partial charge in [0.25, 0.3) is 0 Å². The van der Waals surface area contributed by atoms with E-state index in [1.807, 2.05) is 17.5 Å². The molecule has 0 radical (unpaired) electrons. The molecule has 7 heteroatoms. The van der Waals surface area contributed by atoms with Crippen LogP contribution in [0.4, 0.5) is 26.3 Å². The minimum absolute atomic E-state index is 0.0822. The lowest BCUT2D eigenvalue weighted by atomic mass is 9.94. The molecule has 0 aliphatic heterocycles. The molecule has 0 amide bonds. The van der Waals surface area contributed by atoms with Gasteiger partial charge in [-0.15, -0.1) is 11.3 Å². The fourth-order valence-electron chi connectivity index (χ4n) is 2.59. The van der Waals surface area contributed by atoms with Crippen molar-refractivity contribution in [1.29, 1.82) is 0 Å². The third kappa shape index (κ3) is 3.56. The standard InChI is InChI=1S/C18H10F6S/c19-17(20,21)14-4-1-3-13(16(14)18(22,23)24)11-6-8-12(9-7-11)15-5-2-10-25-15/h1-10H. The molecule has 0 atom stereocenters. The van der Waals surface area contributed by atoms with E-state index in [0.29, 0.717) is 6.07 Å². The zero-order valence-electron chi connectivity index (χ0n) is 12.4. The molecule has 0 fully saturated rings. The second-order valence-corrected chi connectivity index (χ2v) is 6.23. The Bertz CT molecular complexity index is 858. The number of hydrogen-bond donors (Lipinski definition) is 0. The average Bonchev–Trinajstić information content (AvgIpc) is 3.07. The molecule has 3 aromatic rings. The Balaban J connectivity index is 2.14. The number of hydrogen-bond acceptors (Lipinski definition) is 1. The SMILES string of the molecule is FC(F)(F)c1cccc(-c2ccc(-c3cccs3)cc2)c1C(F)(F)F. The van der Waals surface area contributed by atoms with E-state index in [1.54, 1.807) is 12.1 Å². The van der Waals surface area contributed by atoms with Gasteiger partial charge >= 0.3 is 12.4 Å². The van der Waals surface area contributed by atoms with Gasteiger partial charge in [-0.05, 0) is 34.2 Å². The van der Waals surface area contributed by atoms with E-state index in [4.69, 9.17) is 0 Å². The molecule has 1 aromatic heterocycles. The molecule has 2 aromatic carbocycles. The average molecular weight is 372 g/mol. The largest absolute Gasteiger partial charge is 0.417 e. The molecule has 0 saturated carbocycles. The minimum atomic E-state index is -5.12. The number of thiophene rings is 1. The van der Waals surface area contributed by atoms with Crippen LogP contribution in [0.5, 0.6) is 0 Å². The van der Waals surface area contributed by atoms with E-state index in [0.717, 1.165) is 22.6 Å². The molecule has 130 valence electrons. The Morgan fingerprint density at radius 3 is 1.80 bits per heavy atom. The van der Waals surface area contributed by atoms with Crippen LogP contribution in [0.1, 0.15) is 11.1 Å². The second kappa shape index (κ2) is 6.22. The Morgan fingerprint density at radius 2 is 1.28 bits per heavy atom.